The van der Waals surface area contributed by atoms with Crippen LogP contribution >= 0.6 is 0 Å². The Hall–Kier alpha value is -2.28. The van der Waals surface area contributed by atoms with E-state index in [1.165, 1.54) is 0 Å². The van der Waals surface area contributed by atoms with Crippen LogP contribution < -0.4 is 20.1 Å². The summed E-state index contributed by atoms with van der Waals surface area (Å²) in [7, 11) is 3.96. The maximum absolute atomic E-state index is 12.4. The summed E-state index contributed by atoms with van der Waals surface area (Å²) in [5, 5.41) is 5.64. The van der Waals surface area contributed by atoms with Crippen molar-refractivity contribution in [3.63, 3.8) is 0 Å². The zero-order chi connectivity index (χ0) is 18.4. The van der Waals surface area contributed by atoms with E-state index >= 15 is 0 Å². The number of nitrogens with zero attached hydrogens (tertiary/aromatic N) is 1. The Balaban J connectivity index is 1.82. The monoisotopic (exact) mass is 349 g/mol. The number of fused-ring (bicyclic) bond motifs is 1. The highest BCUT2D eigenvalue weighted by molar-refractivity contribution is 6.04. The van der Waals surface area contributed by atoms with Crippen LogP contribution in [0.1, 0.15) is 25.8 Å². The van der Waals surface area contributed by atoms with Gasteiger partial charge < -0.3 is 25.0 Å². The summed E-state index contributed by atoms with van der Waals surface area (Å²) >= 11 is 0. The van der Waals surface area contributed by atoms with Gasteiger partial charge in [-0.1, -0.05) is 6.07 Å². The van der Waals surface area contributed by atoms with Crippen LogP contribution in [0.3, 0.4) is 0 Å². The standard InChI is InChI=1S/C18H27N3O4/c1-18(2,16(22)19-8-5-9-21(3)4)17(23)20-11-13-6-7-14-15(10-13)25-12-24-14/h6-7,10H,5,8-9,11-12H2,1-4H3,(H,19,22)(H,20,23). The normalized spacial score (nSPS) is 13.0. The number of rotatable bonds is 8. The van der Waals surface area contributed by atoms with Crippen molar-refractivity contribution in [1.29, 1.82) is 0 Å². The topological polar surface area (TPSA) is 79.9 Å². The van der Waals surface area contributed by atoms with Crippen LogP contribution in [0.2, 0.25) is 0 Å². The minimum atomic E-state index is -1.13. The lowest BCUT2D eigenvalue weighted by atomic mass is 9.91. The van der Waals surface area contributed by atoms with Crippen molar-refractivity contribution in [2.75, 3.05) is 34.0 Å². The van der Waals surface area contributed by atoms with Crippen molar-refractivity contribution in [2.45, 2.75) is 26.8 Å². The van der Waals surface area contributed by atoms with Gasteiger partial charge in [0.2, 0.25) is 18.6 Å². The summed E-state index contributed by atoms with van der Waals surface area (Å²) in [6.45, 7) is 5.23. The SMILES string of the molecule is CN(C)CCCNC(=O)C(C)(C)C(=O)NCc1ccc2c(c1)OCO2. The molecule has 1 heterocycles. The molecule has 138 valence electrons. The van der Waals surface area contributed by atoms with Gasteiger partial charge in [-0.15, -0.1) is 0 Å². The summed E-state index contributed by atoms with van der Waals surface area (Å²) in [5.41, 5.74) is -0.242. The minimum absolute atomic E-state index is 0.214. The van der Waals surface area contributed by atoms with E-state index in [1.807, 2.05) is 32.3 Å². The van der Waals surface area contributed by atoms with Crippen molar-refractivity contribution in [3.05, 3.63) is 23.8 Å². The number of hydrogen-bond acceptors (Lipinski definition) is 5. The molecule has 0 aromatic heterocycles. The first kappa shape index (κ1) is 19.1. The lowest BCUT2D eigenvalue weighted by molar-refractivity contribution is -0.141. The summed E-state index contributed by atoms with van der Waals surface area (Å²) in [6, 6.07) is 5.51. The summed E-state index contributed by atoms with van der Waals surface area (Å²) in [5.74, 6) is 0.793. The van der Waals surface area contributed by atoms with Gasteiger partial charge in [-0.3, -0.25) is 9.59 Å². The quantitative estimate of drug-likeness (QED) is 0.543. The van der Waals surface area contributed by atoms with Gasteiger partial charge in [0.05, 0.1) is 0 Å². The molecule has 1 aromatic carbocycles. The first-order valence-electron chi connectivity index (χ1n) is 8.40. The van der Waals surface area contributed by atoms with Gasteiger partial charge in [0, 0.05) is 13.1 Å². The van der Waals surface area contributed by atoms with E-state index in [0.29, 0.717) is 24.6 Å². The van der Waals surface area contributed by atoms with Crippen molar-refractivity contribution in [1.82, 2.24) is 15.5 Å². The van der Waals surface area contributed by atoms with Crippen LogP contribution in [-0.4, -0.2) is 50.7 Å². The van der Waals surface area contributed by atoms with E-state index in [0.717, 1.165) is 18.5 Å². The summed E-state index contributed by atoms with van der Waals surface area (Å²) < 4.78 is 10.6. The highest BCUT2D eigenvalue weighted by Crippen LogP contribution is 2.32. The Morgan fingerprint density at radius 1 is 1.12 bits per heavy atom. The number of amides is 2. The van der Waals surface area contributed by atoms with Crippen molar-refractivity contribution < 1.29 is 19.1 Å². The lowest BCUT2D eigenvalue weighted by Gasteiger charge is -2.23. The molecule has 1 aliphatic rings. The fourth-order valence-corrected chi connectivity index (χ4v) is 2.38. The molecule has 1 aliphatic heterocycles. The maximum Gasteiger partial charge on any atom is 0.235 e. The molecule has 0 aliphatic carbocycles. The van der Waals surface area contributed by atoms with Gasteiger partial charge in [-0.2, -0.15) is 0 Å². The van der Waals surface area contributed by atoms with Gasteiger partial charge in [-0.25, -0.2) is 0 Å². The molecule has 2 rings (SSSR count). The molecule has 0 atom stereocenters. The second-order valence-electron chi connectivity index (χ2n) is 6.91. The molecule has 1 aromatic rings. The van der Waals surface area contributed by atoms with Gasteiger partial charge in [0.1, 0.15) is 5.41 Å². The molecule has 0 fully saturated rings. The number of nitrogens with one attached hydrogen (secondary N) is 2. The van der Waals surface area contributed by atoms with Crippen LogP contribution in [0.25, 0.3) is 0 Å². The molecule has 0 spiro atoms. The van der Waals surface area contributed by atoms with Crippen LogP contribution in [0, 0.1) is 5.41 Å². The zero-order valence-electron chi connectivity index (χ0n) is 15.3. The van der Waals surface area contributed by atoms with Gasteiger partial charge in [-0.05, 0) is 58.6 Å². The van der Waals surface area contributed by atoms with E-state index in [2.05, 4.69) is 15.5 Å². The molecular formula is C18H27N3O4. The molecule has 2 amide bonds. The number of carbonyl (C=O) groups excluding carboxylic acids is 2. The van der Waals surface area contributed by atoms with Crippen molar-refractivity contribution in [3.8, 4) is 11.5 Å². The molecule has 0 unspecified atom stereocenters. The van der Waals surface area contributed by atoms with E-state index in [4.69, 9.17) is 9.47 Å². The molecule has 25 heavy (non-hydrogen) atoms. The van der Waals surface area contributed by atoms with E-state index in [1.54, 1.807) is 13.8 Å². The van der Waals surface area contributed by atoms with E-state index in [9.17, 15) is 9.59 Å². The third kappa shape index (κ3) is 5.09. The second-order valence-corrected chi connectivity index (χ2v) is 6.91. The molecule has 7 heteroatoms. The van der Waals surface area contributed by atoms with Gasteiger partial charge in [0.15, 0.2) is 11.5 Å². The number of benzene rings is 1. The third-order valence-electron chi connectivity index (χ3n) is 4.09. The van der Waals surface area contributed by atoms with Crippen LogP contribution in [0.5, 0.6) is 11.5 Å². The third-order valence-corrected chi connectivity index (χ3v) is 4.09. The first-order chi connectivity index (χ1) is 11.8. The Morgan fingerprint density at radius 3 is 2.52 bits per heavy atom. The van der Waals surface area contributed by atoms with E-state index < -0.39 is 5.41 Å². The zero-order valence-corrected chi connectivity index (χ0v) is 15.3. The molecule has 0 radical (unpaired) electrons. The first-order valence-corrected chi connectivity index (χ1v) is 8.40. The number of ether oxygens (including phenoxy) is 2. The molecular weight excluding hydrogens is 322 g/mol. The molecule has 7 nitrogen and oxygen atoms in total. The van der Waals surface area contributed by atoms with Crippen molar-refractivity contribution >= 4 is 11.8 Å². The Labute approximate surface area is 148 Å². The van der Waals surface area contributed by atoms with Crippen LogP contribution in [0.15, 0.2) is 18.2 Å². The molecule has 0 saturated heterocycles. The fraction of sp³-hybridized carbons (Fsp3) is 0.556. The second kappa shape index (κ2) is 8.20. The Bertz CT molecular complexity index is 629. The number of hydrogen-bond donors (Lipinski definition) is 2. The molecule has 0 bridgehead atoms. The van der Waals surface area contributed by atoms with E-state index in [-0.39, 0.29) is 18.6 Å². The largest absolute Gasteiger partial charge is 0.454 e. The smallest absolute Gasteiger partial charge is 0.235 e. The minimum Gasteiger partial charge on any atom is -0.454 e. The fourth-order valence-electron chi connectivity index (χ4n) is 2.38. The molecule has 0 saturated carbocycles. The highest BCUT2D eigenvalue weighted by Gasteiger charge is 2.35. The average Bonchev–Trinajstić information content (AvgIpc) is 3.03. The average molecular weight is 349 g/mol. The number of carbonyl (C=O) groups is 2. The molecule has 2 N–H and O–H groups in total. The van der Waals surface area contributed by atoms with Crippen LogP contribution in [0.4, 0.5) is 0 Å². The van der Waals surface area contributed by atoms with Gasteiger partial charge in [0.25, 0.3) is 0 Å². The summed E-state index contributed by atoms with van der Waals surface area (Å²) in [4.78, 5) is 26.8. The summed E-state index contributed by atoms with van der Waals surface area (Å²) in [6.07, 6.45) is 0.841. The maximum atomic E-state index is 12.4. The van der Waals surface area contributed by atoms with Crippen molar-refractivity contribution in [2.24, 2.45) is 5.41 Å². The Kier molecular flexibility index (Phi) is 6.25. The van der Waals surface area contributed by atoms with Crippen LogP contribution in [-0.2, 0) is 16.1 Å². The predicted octanol–water partition coefficient (Wildman–Crippen LogP) is 1.13. The van der Waals surface area contributed by atoms with Gasteiger partial charge >= 0.3 is 0 Å². The predicted molar refractivity (Wildman–Crippen MR) is 94.4 cm³/mol. The Morgan fingerprint density at radius 2 is 1.80 bits per heavy atom. The highest BCUT2D eigenvalue weighted by atomic mass is 16.7. The lowest BCUT2D eigenvalue weighted by Crippen LogP contribution is -2.48.